The molecule has 2 aromatic rings. The highest BCUT2D eigenvalue weighted by molar-refractivity contribution is 8.27. The lowest BCUT2D eigenvalue weighted by Gasteiger charge is -2.20. The monoisotopic (exact) mass is 508 g/mol. The number of rotatable bonds is 4. The first-order chi connectivity index (χ1) is 16.7. The summed E-state index contributed by atoms with van der Waals surface area (Å²) in [5.41, 5.74) is 4.92. The van der Waals surface area contributed by atoms with E-state index < -0.39 is 5.91 Å². The molecule has 3 aliphatic heterocycles. The number of aromatic nitrogens is 1. The zero-order valence-corrected chi connectivity index (χ0v) is 21.3. The van der Waals surface area contributed by atoms with Gasteiger partial charge in [-0.25, -0.2) is 0 Å². The Kier molecular flexibility index (Phi) is 6.14. The number of likely N-dealkylation sites (tertiary alicyclic amines) is 1. The molecule has 5 rings (SSSR count). The van der Waals surface area contributed by atoms with E-state index in [1.165, 1.54) is 16.8 Å². The molecular weight excluding hydrogens is 484 g/mol. The largest absolute Gasteiger partial charge is 0.342 e. The van der Waals surface area contributed by atoms with Crippen LogP contribution in [0.1, 0.15) is 41.8 Å². The first kappa shape index (κ1) is 23.6. The number of fused-ring (bicyclic) bond motifs is 1. The van der Waals surface area contributed by atoms with Gasteiger partial charge in [0.1, 0.15) is 5.04 Å². The standard InChI is InChI=1S/C25H25ClN6O2S/c1-14-6-7-18(26)12-20(14)31-15(2)10-17(16(31)3)11-19-23(27)32-25(28-24(19)34)35-21(29-32)13-22(33)30-8-4-5-9-30/h6-7,10-12,27H,4-5,8-9,13H2,1-3H3. The van der Waals surface area contributed by atoms with Crippen molar-refractivity contribution >= 4 is 57.3 Å². The number of aryl methyl sites for hydroxylation is 2. The number of aliphatic imine (C=N–C) groups is 1. The van der Waals surface area contributed by atoms with Crippen molar-refractivity contribution < 1.29 is 9.59 Å². The van der Waals surface area contributed by atoms with E-state index in [-0.39, 0.29) is 23.7 Å². The second kappa shape index (κ2) is 9.13. The van der Waals surface area contributed by atoms with Crippen molar-refractivity contribution in [2.24, 2.45) is 10.1 Å². The Labute approximate surface area is 212 Å². The summed E-state index contributed by atoms with van der Waals surface area (Å²) in [4.78, 5) is 31.4. The van der Waals surface area contributed by atoms with Crippen LogP contribution in [-0.4, -0.2) is 55.4 Å². The van der Waals surface area contributed by atoms with Crippen LogP contribution >= 0.6 is 23.4 Å². The molecule has 0 spiro atoms. The van der Waals surface area contributed by atoms with E-state index >= 15 is 0 Å². The van der Waals surface area contributed by atoms with Crippen LogP contribution < -0.4 is 0 Å². The van der Waals surface area contributed by atoms with Gasteiger partial charge in [-0.3, -0.25) is 15.0 Å². The molecule has 0 atom stereocenters. The predicted molar refractivity (Wildman–Crippen MR) is 140 cm³/mol. The molecule has 8 nitrogen and oxygen atoms in total. The highest BCUT2D eigenvalue weighted by Crippen LogP contribution is 2.32. The number of nitrogens with zero attached hydrogens (tertiary/aromatic N) is 5. The predicted octanol–water partition coefficient (Wildman–Crippen LogP) is 4.69. The zero-order chi connectivity index (χ0) is 24.9. The highest BCUT2D eigenvalue weighted by Gasteiger charge is 2.36. The fourth-order valence-corrected chi connectivity index (χ4v) is 5.64. The molecule has 1 N–H and O–H groups in total. The number of carbonyl (C=O) groups excluding carboxylic acids is 2. The third-order valence-electron chi connectivity index (χ3n) is 6.44. The Balaban J connectivity index is 1.43. The van der Waals surface area contributed by atoms with E-state index in [1.807, 2.05) is 49.9 Å². The average Bonchev–Trinajstić information content (AvgIpc) is 3.53. The van der Waals surface area contributed by atoms with Gasteiger partial charge in [0.15, 0.2) is 5.84 Å². The van der Waals surface area contributed by atoms with E-state index in [1.54, 1.807) is 6.08 Å². The molecule has 1 aromatic carbocycles. The first-order valence-corrected chi connectivity index (χ1v) is 12.6. The van der Waals surface area contributed by atoms with Crippen LogP contribution in [0.3, 0.4) is 0 Å². The zero-order valence-electron chi connectivity index (χ0n) is 19.8. The summed E-state index contributed by atoms with van der Waals surface area (Å²) >= 11 is 7.43. The summed E-state index contributed by atoms with van der Waals surface area (Å²) in [6.45, 7) is 7.53. The molecule has 0 radical (unpaired) electrons. The van der Waals surface area contributed by atoms with Crippen molar-refractivity contribution in [2.45, 2.75) is 40.0 Å². The van der Waals surface area contributed by atoms with Crippen LogP contribution in [0, 0.1) is 26.2 Å². The number of nitrogens with one attached hydrogen (secondary N) is 1. The molecule has 3 aliphatic rings. The molecule has 0 aliphatic carbocycles. The van der Waals surface area contributed by atoms with Gasteiger partial charge in [0, 0.05) is 35.2 Å². The second-order valence-electron chi connectivity index (χ2n) is 8.87. The molecule has 1 fully saturated rings. The van der Waals surface area contributed by atoms with Gasteiger partial charge in [0.25, 0.3) is 5.91 Å². The molecular formula is C25H25ClN6O2S. The van der Waals surface area contributed by atoms with Crippen molar-refractivity contribution in [1.82, 2.24) is 14.5 Å². The lowest BCUT2D eigenvalue weighted by Crippen LogP contribution is -2.35. The Morgan fingerprint density at radius 2 is 1.94 bits per heavy atom. The van der Waals surface area contributed by atoms with Gasteiger partial charge in [-0.2, -0.15) is 15.1 Å². The number of amides is 2. The normalized spacial score (nSPS) is 18.9. The van der Waals surface area contributed by atoms with Gasteiger partial charge in [0.05, 0.1) is 12.0 Å². The molecule has 10 heteroatoms. The van der Waals surface area contributed by atoms with Crippen LogP contribution in [-0.2, 0) is 9.59 Å². The molecule has 2 amide bonds. The Morgan fingerprint density at radius 1 is 1.20 bits per heavy atom. The van der Waals surface area contributed by atoms with Crippen LogP contribution in [0.5, 0.6) is 0 Å². The van der Waals surface area contributed by atoms with E-state index in [2.05, 4.69) is 14.7 Å². The Hall–Kier alpha value is -3.17. The minimum atomic E-state index is -0.486. The van der Waals surface area contributed by atoms with Crippen LogP contribution in [0.15, 0.2) is 39.9 Å². The maximum atomic E-state index is 12.9. The topological polar surface area (TPSA) is 94.1 Å². The van der Waals surface area contributed by atoms with Crippen molar-refractivity contribution in [1.29, 1.82) is 5.41 Å². The molecule has 0 saturated carbocycles. The second-order valence-corrected chi connectivity index (χ2v) is 10.3. The van der Waals surface area contributed by atoms with Gasteiger partial charge in [-0.05, 0) is 80.8 Å². The lowest BCUT2D eigenvalue weighted by atomic mass is 10.1. The van der Waals surface area contributed by atoms with Crippen molar-refractivity contribution in [3.05, 3.63) is 57.4 Å². The number of halogens is 1. The third-order valence-corrected chi connectivity index (χ3v) is 7.58. The van der Waals surface area contributed by atoms with Gasteiger partial charge >= 0.3 is 0 Å². The first-order valence-electron chi connectivity index (χ1n) is 11.5. The Bertz CT molecular complexity index is 1370. The van der Waals surface area contributed by atoms with E-state index in [4.69, 9.17) is 17.0 Å². The number of carbonyl (C=O) groups is 2. The summed E-state index contributed by atoms with van der Waals surface area (Å²) in [6.07, 6.45) is 3.89. The maximum absolute atomic E-state index is 12.9. The fourth-order valence-electron chi connectivity index (χ4n) is 4.59. The summed E-state index contributed by atoms with van der Waals surface area (Å²) in [5.74, 6) is -0.508. The molecule has 4 heterocycles. The van der Waals surface area contributed by atoms with Crippen LogP contribution in [0.25, 0.3) is 11.8 Å². The highest BCUT2D eigenvalue weighted by atomic mass is 35.5. The SMILES string of the molecule is Cc1ccc(Cl)cc1-n1c(C)cc(C=C2C(=N)N3N=C(CC(=O)N4CCCC4)SC3=NC2=O)c1C. The van der Waals surface area contributed by atoms with E-state index in [0.29, 0.717) is 15.2 Å². The minimum absolute atomic E-state index is 0.0200. The maximum Gasteiger partial charge on any atom is 0.283 e. The number of hydrazone groups is 1. The van der Waals surface area contributed by atoms with Gasteiger partial charge in [0.2, 0.25) is 11.1 Å². The smallest absolute Gasteiger partial charge is 0.283 e. The van der Waals surface area contributed by atoms with E-state index in [9.17, 15) is 9.59 Å². The van der Waals surface area contributed by atoms with Gasteiger partial charge < -0.3 is 9.47 Å². The van der Waals surface area contributed by atoms with E-state index in [0.717, 1.165) is 54.1 Å². The van der Waals surface area contributed by atoms with Gasteiger partial charge in [-0.1, -0.05) is 17.7 Å². The number of benzene rings is 1. The Morgan fingerprint density at radius 3 is 2.69 bits per heavy atom. The lowest BCUT2D eigenvalue weighted by molar-refractivity contribution is -0.128. The van der Waals surface area contributed by atoms with Crippen LogP contribution in [0.2, 0.25) is 5.02 Å². The van der Waals surface area contributed by atoms with Crippen molar-refractivity contribution in [2.75, 3.05) is 13.1 Å². The average molecular weight is 509 g/mol. The number of hydrogen-bond donors (Lipinski definition) is 1. The van der Waals surface area contributed by atoms with Gasteiger partial charge in [-0.15, -0.1) is 0 Å². The molecule has 35 heavy (non-hydrogen) atoms. The molecule has 1 saturated heterocycles. The quantitative estimate of drug-likeness (QED) is 0.606. The van der Waals surface area contributed by atoms with Crippen molar-refractivity contribution in [3.63, 3.8) is 0 Å². The number of amidine groups is 2. The number of hydrogen-bond acceptors (Lipinski definition) is 5. The summed E-state index contributed by atoms with van der Waals surface area (Å²) in [6, 6.07) is 7.72. The third kappa shape index (κ3) is 4.34. The number of thioether (sulfide) groups is 1. The fraction of sp³-hybridized carbons (Fsp3) is 0.320. The summed E-state index contributed by atoms with van der Waals surface area (Å²) < 4.78 is 2.09. The summed E-state index contributed by atoms with van der Waals surface area (Å²) in [5, 5.41) is 16.0. The molecule has 1 aromatic heterocycles. The molecule has 0 bridgehead atoms. The molecule has 180 valence electrons. The minimum Gasteiger partial charge on any atom is -0.342 e. The molecule has 0 unspecified atom stereocenters. The summed E-state index contributed by atoms with van der Waals surface area (Å²) in [7, 11) is 0. The van der Waals surface area contributed by atoms with Crippen LogP contribution in [0.4, 0.5) is 0 Å². The van der Waals surface area contributed by atoms with Crippen molar-refractivity contribution in [3.8, 4) is 5.69 Å².